The summed E-state index contributed by atoms with van der Waals surface area (Å²) in [5.74, 6) is 0. The van der Waals surface area contributed by atoms with Gasteiger partial charge < -0.3 is 0 Å². The zero-order valence-corrected chi connectivity index (χ0v) is 11.8. The van der Waals surface area contributed by atoms with Crippen LogP contribution in [0, 0.1) is 0 Å². The van der Waals surface area contributed by atoms with Crippen molar-refractivity contribution in [2.45, 2.75) is 33.1 Å². The molecule has 0 unspecified atom stereocenters. The molecule has 0 aromatic rings. The van der Waals surface area contributed by atoms with Crippen LogP contribution in [0.5, 0.6) is 0 Å². The Morgan fingerprint density at radius 1 is 1.00 bits per heavy atom. The molecule has 1 aliphatic carbocycles. The normalized spacial score (nSPS) is 14.4. The molecule has 0 atom stereocenters. The van der Waals surface area contributed by atoms with Gasteiger partial charge in [-0.2, -0.15) is 0 Å². The van der Waals surface area contributed by atoms with Crippen molar-refractivity contribution in [2.75, 3.05) is 0 Å². The molecule has 0 aromatic heterocycles. The molecule has 0 heterocycles. The average molecular weight is 378 g/mol. The van der Waals surface area contributed by atoms with Crippen LogP contribution >= 0.6 is 48.0 Å². The molecule has 0 nitrogen and oxygen atoms in total. The number of hydrogen-bond acceptors (Lipinski definition) is 0. The van der Waals surface area contributed by atoms with E-state index in [9.17, 15) is 0 Å². The van der Waals surface area contributed by atoms with Crippen LogP contribution < -0.4 is 0 Å². The molecule has 0 aromatic carbocycles. The smallest absolute Gasteiger partial charge is 0.0157 e. The molecule has 1 aliphatic rings. The van der Waals surface area contributed by atoms with Crippen LogP contribution in [0.1, 0.15) is 33.1 Å². The van der Waals surface area contributed by atoms with Crippen molar-refractivity contribution in [1.29, 1.82) is 0 Å². The van der Waals surface area contributed by atoms with Gasteiger partial charge in [0.15, 0.2) is 0 Å². The molecule has 2 heteroatoms. The minimum absolute atomic E-state index is 0. The van der Waals surface area contributed by atoms with Gasteiger partial charge in [0, 0.05) is 0 Å². The fourth-order valence-electron chi connectivity index (χ4n) is 1.35. The van der Waals surface area contributed by atoms with Crippen molar-refractivity contribution in [3.63, 3.8) is 0 Å². The van der Waals surface area contributed by atoms with E-state index in [2.05, 4.69) is 26.0 Å². The molecule has 0 bridgehead atoms. The zero-order chi connectivity index (χ0) is 6.69. The van der Waals surface area contributed by atoms with Crippen molar-refractivity contribution in [3.05, 3.63) is 23.3 Å². The Bertz CT molecular complexity index is 139. The van der Waals surface area contributed by atoms with Gasteiger partial charge in [-0.15, -0.1) is 48.0 Å². The van der Waals surface area contributed by atoms with E-state index < -0.39 is 0 Å². The molecular weight excluding hydrogens is 362 g/mol. The maximum Gasteiger partial charge on any atom is -0.0157 e. The van der Waals surface area contributed by atoms with Crippen LogP contribution in [-0.4, -0.2) is 0 Å². The molecular formula is C9H16I2. The first kappa shape index (κ1) is 14.5. The van der Waals surface area contributed by atoms with Gasteiger partial charge in [-0.05, 0) is 30.4 Å². The summed E-state index contributed by atoms with van der Waals surface area (Å²) in [6.45, 7) is 4.45. The lowest BCUT2D eigenvalue weighted by molar-refractivity contribution is 1.04. The first-order chi connectivity index (χ1) is 4.38. The van der Waals surface area contributed by atoms with E-state index in [0.29, 0.717) is 0 Å². The van der Waals surface area contributed by atoms with E-state index in [1.165, 1.54) is 19.3 Å². The second-order valence-corrected chi connectivity index (χ2v) is 2.40. The van der Waals surface area contributed by atoms with Crippen molar-refractivity contribution >= 4 is 48.0 Å². The molecule has 0 saturated carbocycles. The van der Waals surface area contributed by atoms with Crippen molar-refractivity contribution in [2.24, 2.45) is 0 Å². The Morgan fingerprint density at radius 3 is 1.64 bits per heavy atom. The number of rotatable bonds is 2. The summed E-state index contributed by atoms with van der Waals surface area (Å²) in [6, 6.07) is 0. The summed E-state index contributed by atoms with van der Waals surface area (Å²) >= 11 is 0. The van der Waals surface area contributed by atoms with E-state index in [4.69, 9.17) is 0 Å². The SMILES string of the molecule is CCC1=CCC=C1CC.I.I. The summed E-state index contributed by atoms with van der Waals surface area (Å²) in [5, 5.41) is 0. The quantitative estimate of drug-likeness (QED) is 0.629. The molecule has 0 fully saturated rings. The highest BCUT2D eigenvalue weighted by atomic mass is 127. The molecule has 0 N–H and O–H groups in total. The van der Waals surface area contributed by atoms with E-state index in [1.54, 1.807) is 11.1 Å². The maximum atomic E-state index is 2.33. The Morgan fingerprint density at radius 2 is 1.36 bits per heavy atom. The summed E-state index contributed by atoms with van der Waals surface area (Å²) in [6.07, 6.45) is 8.25. The second-order valence-electron chi connectivity index (χ2n) is 2.40. The molecule has 0 spiro atoms. The Labute approximate surface area is 104 Å². The van der Waals surface area contributed by atoms with Gasteiger partial charge in [0.1, 0.15) is 0 Å². The predicted octanol–water partition coefficient (Wildman–Crippen LogP) is 4.30. The average Bonchev–Trinajstić information content (AvgIpc) is 2.33. The van der Waals surface area contributed by atoms with Crippen molar-refractivity contribution < 1.29 is 0 Å². The van der Waals surface area contributed by atoms with Crippen molar-refractivity contribution in [1.82, 2.24) is 0 Å². The van der Waals surface area contributed by atoms with Gasteiger partial charge in [-0.25, -0.2) is 0 Å². The highest BCUT2D eigenvalue weighted by Gasteiger charge is 2.03. The lowest BCUT2D eigenvalue weighted by atomic mass is 10.1. The Kier molecular flexibility index (Phi) is 9.97. The molecule has 1 rings (SSSR count). The fourth-order valence-corrected chi connectivity index (χ4v) is 1.35. The third-order valence-corrected chi connectivity index (χ3v) is 1.90. The third-order valence-electron chi connectivity index (χ3n) is 1.90. The lowest BCUT2D eigenvalue weighted by Crippen LogP contribution is -1.80. The monoisotopic (exact) mass is 378 g/mol. The zero-order valence-electron chi connectivity index (χ0n) is 7.09. The predicted molar refractivity (Wildman–Crippen MR) is 72.2 cm³/mol. The van der Waals surface area contributed by atoms with Crippen LogP contribution in [0.2, 0.25) is 0 Å². The van der Waals surface area contributed by atoms with E-state index in [-0.39, 0.29) is 48.0 Å². The number of hydrogen-bond donors (Lipinski definition) is 0. The fraction of sp³-hybridized carbons (Fsp3) is 0.556. The first-order valence-corrected chi connectivity index (χ1v) is 3.77. The summed E-state index contributed by atoms with van der Waals surface area (Å²) in [7, 11) is 0. The highest BCUT2D eigenvalue weighted by molar-refractivity contribution is 14.0. The van der Waals surface area contributed by atoms with Crippen LogP contribution in [0.4, 0.5) is 0 Å². The van der Waals surface area contributed by atoms with Gasteiger partial charge in [0.2, 0.25) is 0 Å². The molecule has 0 saturated heterocycles. The van der Waals surface area contributed by atoms with Gasteiger partial charge in [-0.1, -0.05) is 26.0 Å². The summed E-state index contributed by atoms with van der Waals surface area (Å²) in [5.41, 5.74) is 3.13. The molecule has 0 aliphatic heterocycles. The minimum Gasteiger partial charge on any atom is -0.107 e. The van der Waals surface area contributed by atoms with Gasteiger partial charge in [-0.3, -0.25) is 0 Å². The van der Waals surface area contributed by atoms with Crippen LogP contribution in [0.15, 0.2) is 23.3 Å². The van der Waals surface area contributed by atoms with Crippen molar-refractivity contribution in [3.8, 4) is 0 Å². The molecule has 0 radical (unpaired) electrons. The van der Waals surface area contributed by atoms with Gasteiger partial charge >= 0.3 is 0 Å². The lowest BCUT2D eigenvalue weighted by Gasteiger charge is -2.00. The first-order valence-electron chi connectivity index (χ1n) is 3.77. The molecule has 0 amide bonds. The highest BCUT2D eigenvalue weighted by Crippen LogP contribution is 2.23. The van der Waals surface area contributed by atoms with Gasteiger partial charge in [0.05, 0.1) is 0 Å². The van der Waals surface area contributed by atoms with Crippen LogP contribution in [0.3, 0.4) is 0 Å². The van der Waals surface area contributed by atoms with Gasteiger partial charge in [0.25, 0.3) is 0 Å². The number of halogens is 2. The Balaban J connectivity index is 0. The number of allylic oxidation sites excluding steroid dienone is 4. The standard InChI is InChI=1S/C9H14.2HI/c1-3-8-6-5-7-9(8)4-2;;/h6-7H,3-5H2,1-2H3;2*1H. The van der Waals surface area contributed by atoms with E-state index >= 15 is 0 Å². The maximum absolute atomic E-state index is 2.33. The topological polar surface area (TPSA) is 0 Å². The largest absolute Gasteiger partial charge is 0.107 e. The second kappa shape index (κ2) is 7.58. The summed E-state index contributed by atoms with van der Waals surface area (Å²) in [4.78, 5) is 0. The van der Waals surface area contributed by atoms with E-state index in [0.717, 1.165) is 0 Å². The third kappa shape index (κ3) is 3.92. The Hall–Kier alpha value is 0.940. The van der Waals surface area contributed by atoms with E-state index in [1.807, 2.05) is 0 Å². The summed E-state index contributed by atoms with van der Waals surface area (Å²) < 4.78 is 0. The minimum atomic E-state index is 0. The van der Waals surface area contributed by atoms with Crippen LogP contribution in [-0.2, 0) is 0 Å². The molecule has 66 valence electrons. The molecule has 11 heavy (non-hydrogen) atoms. The van der Waals surface area contributed by atoms with Crippen LogP contribution in [0.25, 0.3) is 0 Å².